The number of hydrogen-bond donors (Lipinski definition) is 1. The van der Waals surface area contributed by atoms with E-state index in [1.165, 1.54) is 6.42 Å². The molecule has 24 heavy (non-hydrogen) atoms. The number of para-hydroxylation sites is 2. The molecule has 1 N–H and O–H groups in total. The van der Waals surface area contributed by atoms with E-state index in [-0.39, 0.29) is 17.4 Å². The molecule has 2 rings (SSSR count). The first-order valence-corrected chi connectivity index (χ1v) is 8.99. The van der Waals surface area contributed by atoms with E-state index in [0.29, 0.717) is 24.7 Å². The number of rotatable bonds is 6. The van der Waals surface area contributed by atoms with Gasteiger partial charge in [0, 0.05) is 13.0 Å². The maximum Gasteiger partial charge on any atom is 0.224 e. The second-order valence-electron chi connectivity index (χ2n) is 7.82. The summed E-state index contributed by atoms with van der Waals surface area (Å²) in [5.74, 6) is 1.05. The minimum absolute atomic E-state index is 0.0300. The second kappa shape index (κ2) is 8.52. The molecule has 0 aromatic heterocycles. The largest absolute Gasteiger partial charge is 0.489 e. The number of benzene rings is 1. The van der Waals surface area contributed by atoms with Crippen LogP contribution in [0, 0.1) is 11.3 Å². The van der Waals surface area contributed by atoms with Gasteiger partial charge in [0.25, 0.3) is 0 Å². The first-order valence-electron chi connectivity index (χ1n) is 8.99. The van der Waals surface area contributed by atoms with E-state index in [9.17, 15) is 4.79 Å². The lowest BCUT2D eigenvalue weighted by Gasteiger charge is -2.27. The lowest BCUT2D eigenvalue weighted by atomic mass is 9.80. The highest BCUT2D eigenvalue weighted by atomic mass is 16.5. The molecule has 1 fully saturated rings. The minimum atomic E-state index is 0.0300. The number of amides is 1. The molecule has 0 saturated carbocycles. The molecular weight excluding hydrogens is 302 g/mol. The van der Waals surface area contributed by atoms with E-state index in [4.69, 9.17) is 9.47 Å². The zero-order chi connectivity index (χ0) is 17.6. The lowest BCUT2D eigenvalue weighted by molar-refractivity contribution is -0.117. The van der Waals surface area contributed by atoms with Crippen molar-refractivity contribution in [3.05, 3.63) is 24.3 Å². The van der Waals surface area contributed by atoms with Gasteiger partial charge in [0.2, 0.25) is 5.91 Å². The Hall–Kier alpha value is -1.55. The summed E-state index contributed by atoms with van der Waals surface area (Å²) in [6.07, 6.45) is 4.02. The van der Waals surface area contributed by atoms with Gasteiger partial charge >= 0.3 is 0 Å². The van der Waals surface area contributed by atoms with Crippen molar-refractivity contribution >= 4 is 11.6 Å². The fourth-order valence-corrected chi connectivity index (χ4v) is 2.60. The van der Waals surface area contributed by atoms with Gasteiger partial charge in [0.05, 0.1) is 11.8 Å². The monoisotopic (exact) mass is 333 g/mol. The van der Waals surface area contributed by atoms with Crippen LogP contribution in [0.5, 0.6) is 5.75 Å². The molecule has 4 nitrogen and oxygen atoms in total. The fourth-order valence-electron chi connectivity index (χ4n) is 2.60. The number of carbonyl (C=O) groups is 1. The zero-order valence-corrected chi connectivity index (χ0v) is 15.4. The predicted octanol–water partition coefficient (Wildman–Crippen LogP) is 4.65. The summed E-state index contributed by atoms with van der Waals surface area (Å²) >= 11 is 0. The van der Waals surface area contributed by atoms with Gasteiger partial charge in [-0.2, -0.15) is 0 Å². The van der Waals surface area contributed by atoms with E-state index < -0.39 is 0 Å². The molecule has 1 saturated heterocycles. The van der Waals surface area contributed by atoms with Crippen LogP contribution in [-0.4, -0.2) is 25.2 Å². The van der Waals surface area contributed by atoms with Gasteiger partial charge in [-0.1, -0.05) is 39.8 Å². The second-order valence-corrected chi connectivity index (χ2v) is 7.82. The Kier molecular flexibility index (Phi) is 6.67. The van der Waals surface area contributed by atoms with E-state index >= 15 is 0 Å². The Bertz CT molecular complexity index is 530. The average Bonchev–Trinajstić information content (AvgIpc) is 2.54. The fraction of sp³-hybridized carbons (Fsp3) is 0.650. The van der Waals surface area contributed by atoms with Gasteiger partial charge in [-0.05, 0) is 42.7 Å². The highest BCUT2D eigenvalue weighted by Gasteiger charge is 2.23. The first-order chi connectivity index (χ1) is 11.4. The minimum Gasteiger partial charge on any atom is -0.489 e. The summed E-state index contributed by atoms with van der Waals surface area (Å²) in [6, 6.07) is 7.61. The molecule has 1 aromatic rings. The van der Waals surface area contributed by atoms with Crippen LogP contribution in [0.4, 0.5) is 5.69 Å². The maximum absolute atomic E-state index is 12.3. The molecule has 4 heteroatoms. The third-order valence-electron chi connectivity index (χ3n) is 4.83. The highest BCUT2D eigenvalue weighted by Crippen LogP contribution is 2.30. The lowest BCUT2D eigenvalue weighted by Crippen LogP contribution is -2.26. The van der Waals surface area contributed by atoms with Crippen molar-refractivity contribution in [3.8, 4) is 5.75 Å². The van der Waals surface area contributed by atoms with Crippen molar-refractivity contribution in [2.75, 3.05) is 18.5 Å². The summed E-state index contributed by atoms with van der Waals surface area (Å²) in [5.41, 5.74) is 0.852. The molecular formula is C20H31NO3. The van der Waals surface area contributed by atoms with Crippen LogP contribution < -0.4 is 10.1 Å². The van der Waals surface area contributed by atoms with Gasteiger partial charge in [0.1, 0.15) is 12.4 Å². The standard InChI is InChI=1S/C20H31NO3/c1-15(20(2,3)4)13-19(22)21-17-10-5-6-11-18(17)24-14-16-9-7-8-12-23-16/h5-6,10-11,15-16H,7-9,12-14H2,1-4H3,(H,21,22). The van der Waals surface area contributed by atoms with Crippen LogP contribution >= 0.6 is 0 Å². The van der Waals surface area contributed by atoms with Gasteiger partial charge in [-0.25, -0.2) is 0 Å². The predicted molar refractivity (Wildman–Crippen MR) is 97.4 cm³/mol. The Balaban J connectivity index is 1.91. The topological polar surface area (TPSA) is 47.6 Å². The van der Waals surface area contributed by atoms with E-state index in [1.54, 1.807) is 0 Å². The molecule has 1 aliphatic heterocycles. The number of hydrogen-bond acceptors (Lipinski definition) is 3. The highest BCUT2D eigenvalue weighted by molar-refractivity contribution is 5.92. The Morgan fingerprint density at radius 3 is 2.75 bits per heavy atom. The van der Waals surface area contributed by atoms with Gasteiger partial charge in [-0.3, -0.25) is 4.79 Å². The van der Waals surface area contributed by atoms with Crippen LogP contribution in [0.25, 0.3) is 0 Å². The smallest absolute Gasteiger partial charge is 0.224 e. The molecule has 1 heterocycles. The maximum atomic E-state index is 12.3. The van der Waals surface area contributed by atoms with Crippen LogP contribution in [-0.2, 0) is 9.53 Å². The van der Waals surface area contributed by atoms with Crippen LogP contribution in [0.15, 0.2) is 24.3 Å². The average molecular weight is 333 g/mol. The van der Waals surface area contributed by atoms with Crippen molar-refractivity contribution in [2.45, 2.75) is 59.5 Å². The van der Waals surface area contributed by atoms with Crippen LogP contribution in [0.2, 0.25) is 0 Å². The molecule has 1 amide bonds. The molecule has 134 valence electrons. The number of ether oxygens (including phenoxy) is 2. The van der Waals surface area contributed by atoms with Crippen LogP contribution in [0.1, 0.15) is 53.4 Å². The Labute approximate surface area is 145 Å². The number of nitrogens with one attached hydrogen (secondary N) is 1. The summed E-state index contributed by atoms with van der Waals surface area (Å²) in [4.78, 5) is 12.3. The van der Waals surface area contributed by atoms with Crippen LogP contribution in [0.3, 0.4) is 0 Å². The van der Waals surface area contributed by atoms with Crippen molar-refractivity contribution < 1.29 is 14.3 Å². The Morgan fingerprint density at radius 1 is 1.33 bits per heavy atom. The number of anilines is 1. The van der Waals surface area contributed by atoms with Gasteiger partial charge in [0.15, 0.2) is 0 Å². The summed E-state index contributed by atoms with van der Waals surface area (Å²) in [6.45, 7) is 9.94. The summed E-state index contributed by atoms with van der Waals surface area (Å²) in [5, 5.41) is 3.00. The van der Waals surface area contributed by atoms with E-state index in [1.807, 2.05) is 24.3 Å². The van der Waals surface area contributed by atoms with Crippen molar-refractivity contribution in [1.82, 2.24) is 0 Å². The summed E-state index contributed by atoms with van der Waals surface area (Å²) in [7, 11) is 0. The van der Waals surface area contributed by atoms with Crippen molar-refractivity contribution in [1.29, 1.82) is 0 Å². The third-order valence-corrected chi connectivity index (χ3v) is 4.83. The zero-order valence-electron chi connectivity index (χ0n) is 15.4. The molecule has 1 aromatic carbocycles. The summed E-state index contributed by atoms with van der Waals surface area (Å²) < 4.78 is 11.6. The first kappa shape index (κ1) is 18.8. The Morgan fingerprint density at radius 2 is 2.08 bits per heavy atom. The molecule has 1 aliphatic rings. The molecule has 0 bridgehead atoms. The molecule has 0 spiro atoms. The van der Waals surface area contributed by atoms with Crippen molar-refractivity contribution in [3.63, 3.8) is 0 Å². The molecule has 2 atom stereocenters. The van der Waals surface area contributed by atoms with Gasteiger partial charge < -0.3 is 14.8 Å². The van der Waals surface area contributed by atoms with E-state index in [0.717, 1.165) is 25.1 Å². The SMILES string of the molecule is CC(CC(=O)Nc1ccccc1OCC1CCCCO1)C(C)(C)C. The normalized spacial score (nSPS) is 19.6. The van der Waals surface area contributed by atoms with Crippen molar-refractivity contribution in [2.24, 2.45) is 11.3 Å². The third kappa shape index (κ3) is 5.82. The quantitative estimate of drug-likeness (QED) is 0.824. The number of carbonyl (C=O) groups excluding carboxylic acids is 1. The molecule has 0 radical (unpaired) electrons. The molecule has 2 unspecified atom stereocenters. The van der Waals surface area contributed by atoms with E-state index in [2.05, 4.69) is 33.0 Å². The van der Waals surface area contributed by atoms with Gasteiger partial charge in [-0.15, -0.1) is 0 Å². The molecule has 0 aliphatic carbocycles.